The van der Waals surface area contributed by atoms with E-state index in [2.05, 4.69) is 52.8 Å². The van der Waals surface area contributed by atoms with Crippen molar-refractivity contribution in [1.82, 2.24) is 15.5 Å². The number of halogens is 2. The smallest absolute Gasteiger partial charge is 0.191 e. The standard InChI is InChI=1S/C24H33FN4O.HI/c1-3-26-24(27-16-20-9-10-23(25)21(15-20)18-30-2)28-22-11-13-29(14-12-22)17-19-7-5-4-6-8-19;/h4-10,15,22H,3,11-14,16-18H2,1-2H3,(H2,26,27,28);1H. The third-order valence-corrected chi connectivity index (χ3v) is 5.35. The molecule has 1 fully saturated rings. The molecule has 0 saturated carbocycles. The van der Waals surface area contributed by atoms with Crippen LogP contribution in [0.4, 0.5) is 4.39 Å². The third-order valence-electron chi connectivity index (χ3n) is 5.35. The van der Waals surface area contributed by atoms with E-state index in [9.17, 15) is 4.39 Å². The Morgan fingerprint density at radius 2 is 1.87 bits per heavy atom. The zero-order chi connectivity index (χ0) is 21.2. The van der Waals surface area contributed by atoms with E-state index in [0.29, 0.717) is 18.2 Å². The minimum absolute atomic E-state index is 0. The van der Waals surface area contributed by atoms with Crippen LogP contribution in [0.2, 0.25) is 0 Å². The summed E-state index contributed by atoms with van der Waals surface area (Å²) in [6.45, 7) is 6.79. The van der Waals surface area contributed by atoms with Crippen molar-refractivity contribution in [3.8, 4) is 0 Å². The van der Waals surface area contributed by atoms with Crippen molar-refractivity contribution < 1.29 is 9.13 Å². The lowest BCUT2D eigenvalue weighted by atomic mass is 10.0. The minimum Gasteiger partial charge on any atom is -0.380 e. The normalized spacial score (nSPS) is 15.4. The van der Waals surface area contributed by atoms with Gasteiger partial charge in [0.25, 0.3) is 0 Å². The van der Waals surface area contributed by atoms with E-state index in [1.54, 1.807) is 13.2 Å². The van der Waals surface area contributed by atoms with Crippen molar-refractivity contribution in [3.05, 3.63) is 71.0 Å². The highest BCUT2D eigenvalue weighted by atomic mass is 127. The van der Waals surface area contributed by atoms with E-state index in [4.69, 9.17) is 9.73 Å². The quantitative estimate of drug-likeness (QED) is 0.298. The molecule has 1 aliphatic rings. The highest BCUT2D eigenvalue weighted by Gasteiger charge is 2.20. The first-order chi connectivity index (χ1) is 14.7. The maximum absolute atomic E-state index is 13.8. The molecule has 0 bridgehead atoms. The lowest BCUT2D eigenvalue weighted by Gasteiger charge is -2.33. The molecule has 0 amide bonds. The summed E-state index contributed by atoms with van der Waals surface area (Å²) in [6.07, 6.45) is 2.18. The first kappa shape index (κ1) is 25.5. The molecule has 2 aromatic rings. The van der Waals surface area contributed by atoms with Gasteiger partial charge in [-0.2, -0.15) is 0 Å². The van der Waals surface area contributed by atoms with Crippen LogP contribution in [0, 0.1) is 5.82 Å². The zero-order valence-corrected chi connectivity index (χ0v) is 20.8. The monoisotopic (exact) mass is 540 g/mol. The van der Waals surface area contributed by atoms with E-state index in [1.165, 1.54) is 11.6 Å². The van der Waals surface area contributed by atoms with Crippen LogP contribution in [0.1, 0.15) is 36.5 Å². The average Bonchev–Trinajstić information content (AvgIpc) is 2.76. The van der Waals surface area contributed by atoms with Crippen molar-refractivity contribution in [2.75, 3.05) is 26.7 Å². The van der Waals surface area contributed by atoms with Gasteiger partial charge in [-0.1, -0.05) is 36.4 Å². The van der Waals surface area contributed by atoms with Gasteiger partial charge >= 0.3 is 0 Å². The van der Waals surface area contributed by atoms with Crippen molar-refractivity contribution in [2.24, 2.45) is 4.99 Å². The van der Waals surface area contributed by atoms with Gasteiger partial charge in [0, 0.05) is 44.9 Å². The Bertz CT molecular complexity index is 810. The molecule has 0 atom stereocenters. The van der Waals surface area contributed by atoms with Crippen molar-refractivity contribution >= 4 is 29.9 Å². The van der Waals surface area contributed by atoms with Crippen LogP contribution in [0.5, 0.6) is 0 Å². The Kier molecular flexibility index (Phi) is 11.2. The number of ether oxygens (including phenoxy) is 1. The molecule has 2 N–H and O–H groups in total. The van der Waals surface area contributed by atoms with Gasteiger partial charge in [-0.05, 0) is 43.0 Å². The van der Waals surface area contributed by atoms with Crippen molar-refractivity contribution in [3.63, 3.8) is 0 Å². The summed E-state index contributed by atoms with van der Waals surface area (Å²) < 4.78 is 18.9. The first-order valence-electron chi connectivity index (χ1n) is 10.7. The fourth-order valence-electron chi connectivity index (χ4n) is 3.75. The number of hydrogen-bond acceptors (Lipinski definition) is 3. The summed E-state index contributed by atoms with van der Waals surface area (Å²) >= 11 is 0. The second-order valence-electron chi connectivity index (χ2n) is 7.73. The number of rotatable bonds is 8. The first-order valence-corrected chi connectivity index (χ1v) is 10.7. The molecule has 2 aromatic carbocycles. The minimum atomic E-state index is -0.239. The molecular weight excluding hydrogens is 506 g/mol. The summed E-state index contributed by atoms with van der Waals surface area (Å²) in [6, 6.07) is 16.1. The number of nitrogens with zero attached hydrogens (tertiary/aromatic N) is 2. The Morgan fingerprint density at radius 1 is 1.13 bits per heavy atom. The van der Waals surface area contributed by atoms with Gasteiger partial charge in [-0.15, -0.1) is 24.0 Å². The number of hydrogen-bond donors (Lipinski definition) is 2. The fourth-order valence-corrected chi connectivity index (χ4v) is 3.75. The van der Waals surface area contributed by atoms with Gasteiger partial charge in [-0.3, -0.25) is 4.90 Å². The summed E-state index contributed by atoms with van der Waals surface area (Å²) in [7, 11) is 1.57. The molecule has 0 unspecified atom stereocenters. The highest BCUT2D eigenvalue weighted by molar-refractivity contribution is 14.0. The molecule has 0 aliphatic carbocycles. The van der Waals surface area contributed by atoms with Crippen LogP contribution in [0.25, 0.3) is 0 Å². The van der Waals surface area contributed by atoms with Crippen molar-refractivity contribution in [2.45, 2.75) is 45.5 Å². The molecule has 1 heterocycles. The molecule has 7 heteroatoms. The number of benzene rings is 2. The SMILES string of the molecule is CCNC(=NCc1ccc(F)c(COC)c1)NC1CCN(Cc2ccccc2)CC1.I. The lowest BCUT2D eigenvalue weighted by molar-refractivity contribution is 0.181. The highest BCUT2D eigenvalue weighted by Crippen LogP contribution is 2.15. The number of piperidine rings is 1. The van der Waals surface area contributed by atoms with Crippen LogP contribution in [0.15, 0.2) is 53.5 Å². The summed E-state index contributed by atoms with van der Waals surface area (Å²) in [5, 5.41) is 6.91. The Balaban J connectivity index is 0.00000341. The number of guanidine groups is 1. The van der Waals surface area contributed by atoms with Gasteiger partial charge in [0.2, 0.25) is 0 Å². The van der Waals surface area contributed by atoms with Gasteiger partial charge in [0.15, 0.2) is 5.96 Å². The predicted molar refractivity (Wildman–Crippen MR) is 135 cm³/mol. The molecule has 3 rings (SSSR count). The maximum atomic E-state index is 13.8. The lowest BCUT2D eigenvalue weighted by Crippen LogP contribution is -2.48. The third kappa shape index (κ3) is 8.38. The Labute approximate surface area is 202 Å². The van der Waals surface area contributed by atoms with E-state index in [0.717, 1.165) is 50.5 Å². The summed E-state index contributed by atoms with van der Waals surface area (Å²) in [4.78, 5) is 7.22. The van der Waals surface area contributed by atoms with E-state index in [1.807, 2.05) is 6.07 Å². The second-order valence-corrected chi connectivity index (χ2v) is 7.73. The van der Waals surface area contributed by atoms with Crippen LogP contribution in [-0.4, -0.2) is 43.6 Å². The molecule has 0 aromatic heterocycles. The molecule has 1 saturated heterocycles. The van der Waals surface area contributed by atoms with E-state index in [-0.39, 0.29) is 36.4 Å². The summed E-state index contributed by atoms with van der Waals surface area (Å²) in [5.41, 5.74) is 2.90. The topological polar surface area (TPSA) is 48.9 Å². The summed E-state index contributed by atoms with van der Waals surface area (Å²) in [5.74, 6) is 0.577. The maximum Gasteiger partial charge on any atom is 0.191 e. The van der Waals surface area contributed by atoms with Crippen LogP contribution in [-0.2, 0) is 24.4 Å². The number of aliphatic imine (C=N–C) groups is 1. The van der Waals surface area contributed by atoms with E-state index >= 15 is 0 Å². The zero-order valence-electron chi connectivity index (χ0n) is 18.4. The Morgan fingerprint density at radius 3 is 2.55 bits per heavy atom. The Hall–Kier alpha value is -1.71. The molecular formula is C24H34FIN4O. The van der Waals surface area contributed by atoms with Crippen molar-refractivity contribution in [1.29, 1.82) is 0 Å². The largest absolute Gasteiger partial charge is 0.380 e. The van der Waals surface area contributed by atoms with Gasteiger partial charge in [-0.25, -0.2) is 9.38 Å². The molecule has 5 nitrogen and oxygen atoms in total. The molecule has 1 aliphatic heterocycles. The number of methoxy groups -OCH3 is 1. The molecule has 0 radical (unpaired) electrons. The van der Waals surface area contributed by atoms with Crippen LogP contribution in [0.3, 0.4) is 0 Å². The van der Waals surface area contributed by atoms with Gasteiger partial charge in [0.05, 0.1) is 13.2 Å². The molecule has 170 valence electrons. The molecule has 0 spiro atoms. The average molecular weight is 540 g/mol. The molecule has 31 heavy (non-hydrogen) atoms. The van der Waals surface area contributed by atoms with Crippen LogP contribution >= 0.6 is 24.0 Å². The fraction of sp³-hybridized carbons (Fsp3) is 0.458. The van der Waals surface area contributed by atoms with Gasteiger partial charge in [0.1, 0.15) is 5.82 Å². The number of likely N-dealkylation sites (tertiary alicyclic amines) is 1. The van der Waals surface area contributed by atoms with Crippen LogP contribution < -0.4 is 10.6 Å². The van der Waals surface area contributed by atoms with E-state index < -0.39 is 0 Å². The second kappa shape index (κ2) is 13.6. The number of nitrogens with one attached hydrogen (secondary N) is 2. The van der Waals surface area contributed by atoms with Gasteiger partial charge < -0.3 is 15.4 Å². The predicted octanol–water partition coefficient (Wildman–Crippen LogP) is 4.31.